The van der Waals surface area contributed by atoms with Crippen LogP contribution in [-0.2, 0) is 20.9 Å². The molecule has 0 radical (unpaired) electrons. The van der Waals surface area contributed by atoms with E-state index in [1.807, 2.05) is 0 Å². The van der Waals surface area contributed by atoms with E-state index >= 15 is 0 Å². The van der Waals surface area contributed by atoms with Crippen molar-refractivity contribution in [3.63, 3.8) is 0 Å². The van der Waals surface area contributed by atoms with Crippen molar-refractivity contribution in [2.45, 2.75) is 19.6 Å². The Morgan fingerprint density at radius 3 is 2.39 bits per heavy atom. The molecule has 0 bridgehead atoms. The van der Waals surface area contributed by atoms with Gasteiger partial charge in [-0.1, -0.05) is 24.3 Å². The standard InChI is InChI=1S/C21H22F2N4O4/c1-12(28)25-10-16-11-27(21(30)31-16)15-6-17(22)20(18(23)7-15)14-4-2-13(3-5-14)9-26-19(29)8-24/h2-7,16H,8-11,24H2,1H3,(H,25,28)(H,26,29)/t16-/m0/s1. The summed E-state index contributed by atoms with van der Waals surface area (Å²) in [7, 11) is 0. The van der Waals surface area contributed by atoms with E-state index in [1.54, 1.807) is 24.3 Å². The molecule has 31 heavy (non-hydrogen) atoms. The molecule has 1 fully saturated rings. The number of anilines is 1. The number of cyclic esters (lactones) is 1. The van der Waals surface area contributed by atoms with Crippen molar-refractivity contribution in [2.75, 3.05) is 24.5 Å². The molecule has 164 valence electrons. The zero-order valence-corrected chi connectivity index (χ0v) is 16.8. The van der Waals surface area contributed by atoms with Crippen LogP contribution >= 0.6 is 0 Å². The third-order valence-electron chi connectivity index (χ3n) is 4.71. The molecule has 1 aliphatic heterocycles. The Hall–Kier alpha value is -3.53. The molecule has 3 amide bonds. The first-order valence-electron chi connectivity index (χ1n) is 9.56. The minimum Gasteiger partial charge on any atom is -0.442 e. The van der Waals surface area contributed by atoms with Gasteiger partial charge < -0.3 is 21.1 Å². The fraction of sp³-hybridized carbons (Fsp3) is 0.286. The van der Waals surface area contributed by atoms with Crippen molar-refractivity contribution in [3.8, 4) is 11.1 Å². The highest BCUT2D eigenvalue weighted by molar-refractivity contribution is 5.90. The number of halogens is 2. The third-order valence-corrected chi connectivity index (χ3v) is 4.71. The molecule has 10 heteroatoms. The highest BCUT2D eigenvalue weighted by Gasteiger charge is 2.33. The monoisotopic (exact) mass is 432 g/mol. The number of nitrogens with one attached hydrogen (secondary N) is 2. The molecule has 0 unspecified atom stereocenters. The van der Waals surface area contributed by atoms with E-state index in [9.17, 15) is 23.2 Å². The summed E-state index contributed by atoms with van der Waals surface area (Å²) >= 11 is 0. The molecule has 1 saturated heterocycles. The second-order valence-corrected chi connectivity index (χ2v) is 7.02. The predicted octanol–water partition coefficient (Wildman–Crippen LogP) is 1.67. The van der Waals surface area contributed by atoms with Crippen molar-refractivity contribution in [1.29, 1.82) is 0 Å². The molecule has 2 aromatic carbocycles. The van der Waals surface area contributed by atoms with Crippen LogP contribution in [0.1, 0.15) is 12.5 Å². The minimum absolute atomic E-state index is 0.0233. The van der Waals surface area contributed by atoms with Gasteiger partial charge >= 0.3 is 6.09 Å². The number of carbonyl (C=O) groups excluding carboxylic acids is 3. The van der Waals surface area contributed by atoms with Crippen LogP contribution in [0.15, 0.2) is 36.4 Å². The SMILES string of the molecule is CC(=O)NC[C@H]1CN(c2cc(F)c(-c3ccc(CNC(=O)CN)cc3)c(F)c2)C(=O)O1. The summed E-state index contributed by atoms with van der Waals surface area (Å²) < 4.78 is 34.7. The Morgan fingerprint density at radius 1 is 1.16 bits per heavy atom. The average Bonchev–Trinajstić information content (AvgIpc) is 3.11. The number of carbonyl (C=O) groups is 3. The van der Waals surface area contributed by atoms with Crippen LogP contribution in [0.3, 0.4) is 0 Å². The van der Waals surface area contributed by atoms with Gasteiger partial charge in [0.1, 0.15) is 17.7 Å². The number of hydrogen-bond donors (Lipinski definition) is 3. The normalized spacial score (nSPS) is 15.5. The minimum atomic E-state index is -0.836. The first-order valence-corrected chi connectivity index (χ1v) is 9.56. The third kappa shape index (κ3) is 5.34. The molecule has 0 spiro atoms. The van der Waals surface area contributed by atoms with Gasteiger partial charge in [-0.3, -0.25) is 14.5 Å². The van der Waals surface area contributed by atoms with Gasteiger partial charge in [-0.2, -0.15) is 0 Å². The highest BCUT2D eigenvalue weighted by Crippen LogP contribution is 2.32. The Morgan fingerprint density at radius 2 is 1.81 bits per heavy atom. The Balaban J connectivity index is 1.75. The lowest BCUT2D eigenvalue weighted by Gasteiger charge is -2.15. The molecule has 4 N–H and O–H groups in total. The molecule has 0 aromatic heterocycles. The number of amides is 3. The summed E-state index contributed by atoms with van der Waals surface area (Å²) in [6.07, 6.45) is -1.36. The van der Waals surface area contributed by atoms with E-state index in [0.717, 1.165) is 22.6 Å². The quantitative estimate of drug-likeness (QED) is 0.616. The molecule has 0 saturated carbocycles. The number of rotatable bonds is 7. The van der Waals surface area contributed by atoms with Gasteiger partial charge in [-0.05, 0) is 23.3 Å². The van der Waals surface area contributed by atoms with E-state index in [0.29, 0.717) is 5.56 Å². The number of benzene rings is 2. The Labute approximate surface area is 177 Å². The Bertz CT molecular complexity index is 974. The molecular weight excluding hydrogens is 410 g/mol. The van der Waals surface area contributed by atoms with Gasteiger partial charge in [0.05, 0.1) is 30.9 Å². The van der Waals surface area contributed by atoms with Crippen LogP contribution in [0.2, 0.25) is 0 Å². The zero-order valence-electron chi connectivity index (χ0n) is 16.8. The summed E-state index contributed by atoms with van der Waals surface area (Å²) in [6.45, 7) is 1.62. The first-order chi connectivity index (χ1) is 14.8. The second-order valence-electron chi connectivity index (χ2n) is 7.02. The van der Waals surface area contributed by atoms with Gasteiger partial charge in [0.25, 0.3) is 0 Å². The van der Waals surface area contributed by atoms with Crippen molar-refractivity contribution in [2.24, 2.45) is 5.73 Å². The maximum Gasteiger partial charge on any atom is 0.414 e. The van der Waals surface area contributed by atoms with Crippen molar-refractivity contribution >= 4 is 23.6 Å². The van der Waals surface area contributed by atoms with Crippen LogP contribution in [-0.4, -0.2) is 43.6 Å². The van der Waals surface area contributed by atoms with Gasteiger partial charge in [-0.25, -0.2) is 13.6 Å². The Kier molecular flexibility index (Phi) is 6.81. The highest BCUT2D eigenvalue weighted by atomic mass is 19.1. The molecule has 2 aromatic rings. The van der Waals surface area contributed by atoms with Crippen LogP contribution in [0.25, 0.3) is 11.1 Å². The average molecular weight is 432 g/mol. The molecule has 0 aliphatic carbocycles. The summed E-state index contributed by atoms with van der Waals surface area (Å²) in [5.41, 5.74) is 6.07. The fourth-order valence-corrected chi connectivity index (χ4v) is 3.15. The number of ether oxygens (including phenoxy) is 1. The van der Waals surface area contributed by atoms with E-state index in [-0.39, 0.29) is 49.2 Å². The number of nitrogens with zero attached hydrogens (tertiary/aromatic N) is 1. The molecule has 3 rings (SSSR count). The van der Waals surface area contributed by atoms with E-state index in [2.05, 4.69) is 10.6 Å². The van der Waals surface area contributed by atoms with Crippen molar-refractivity contribution < 1.29 is 27.9 Å². The van der Waals surface area contributed by atoms with E-state index in [1.165, 1.54) is 6.92 Å². The summed E-state index contributed by atoms with van der Waals surface area (Å²) in [5.74, 6) is -2.25. The van der Waals surface area contributed by atoms with Crippen LogP contribution in [0, 0.1) is 11.6 Å². The number of nitrogens with two attached hydrogens (primary N) is 1. The zero-order chi connectivity index (χ0) is 22.5. The largest absolute Gasteiger partial charge is 0.442 e. The van der Waals surface area contributed by atoms with Crippen LogP contribution in [0.4, 0.5) is 19.3 Å². The van der Waals surface area contributed by atoms with Crippen LogP contribution in [0.5, 0.6) is 0 Å². The van der Waals surface area contributed by atoms with E-state index in [4.69, 9.17) is 10.5 Å². The lowest BCUT2D eigenvalue weighted by Crippen LogP contribution is -2.33. The molecule has 1 heterocycles. The van der Waals surface area contributed by atoms with Gasteiger partial charge in [0, 0.05) is 13.5 Å². The predicted molar refractivity (Wildman–Crippen MR) is 109 cm³/mol. The summed E-state index contributed by atoms with van der Waals surface area (Å²) in [4.78, 5) is 35.4. The fourth-order valence-electron chi connectivity index (χ4n) is 3.15. The van der Waals surface area contributed by atoms with Crippen molar-refractivity contribution in [3.05, 3.63) is 53.6 Å². The first kappa shape index (κ1) is 22.2. The lowest BCUT2D eigenvalue weighted by atomic mass is 10.0. The summed E-state index contributed by atoms with van der Waals surface area (Å²) in [6, 6.07) is 8.50. The maximum absolute atomic E-state index is 14.8. The molecule has 1 atom stereocenters. The van der Waals surface area contributed by atoms with E-state index < -0.39 is 23.8 Å². The lowest BCUT2D eigenvalue weighted by molar-refractivity contribution is -0.120. The number of hydrogen-bond acceptors (Lipinski definition) is 5. The summed E-state index contributed by atoms with van der Waals surface area (Å²) in [5, 5.41) is 5.14. The van der Waals surface area contributed by atoms with Gasteiger partial charge in [0.15, 0.2) is 0 Å². The molecule has 8 nitrogen and oxygen atoms in total. The van der Waals surface area contributed by atoms with Crippen LogP contribution < -0.4 is 21.3 Å². The maximum atomic E-state index is 14.8. The molecule has 1 aliphatic rings. The second kappa shape index (κ2) is 9.52. The van der Waals surface area contributed by atoms with Gasteiger partial charge in [-0.15, -0.1) is 0 Å². The van der Waals surface area contributed by atoms with Gasteiger partial charge in [0.2, 0.25) is 11.8 Å². The smallest absolute Gasteiger partial charge is 0.414 e. The van der Waals surface area contributed by atoms with Crippen molar-refractivity contribution in [1.82, 2.24) is 10.6 Å². The molecular formula is C21H22F2N4O4. The topological polar surface area (TPSA) is 114 Å².